The number of fused-ring (bicyclic) bond motifs is 2. The molecule has 7 heteroatoms. The van der Waals surface area contributed by atoms with Gasteiger partial charge in [0.2, 0.25) is 5.91 Å². The molecule has 3 heterocycles. The van der Waals surface area contributed by atoms with E-state index in [2.05, 4.69) is 6.07 Å². The van der Waals surface area contributed by atoms with Gasteiger partial charge in [-0.1, -0.05) is 60.3 Å². The predicted molar refractivity (Wildman–Crippen MR) is 128 cm³/mol. The largest absolute Gasteiger partial charge is 0.311 e. The van der Waals surface area contributed by atoms with Gasteiger partial charge in [-0.05, 0) is 36.6 Å². The van der Waals surface area contributed by atoms with E-state index in [9.17, 15) is 9.59 Å². The highest BCUT2D eigenvalue weighted by molar-refractivity contribution is 8.00. The van der Waals surface area contributed by atoms with Crippen LogP contribution < -0.4 is 10.5 Å². The number of amides is 1. The third kappa shape index (κ3) is 3.58. The minimum absolute atomic E-state index is 0.0421. The number of benzene rings is 2. The van der Waals surface area contributed by atoms with Crippen molar-refractivity contribution in [3.05, 3.63) is 76.6 Å². The summed E-state index contributed by atoms with van der Waals surface area (Å²) >= 11 is 2.85. The molecule has 0 N–H and O–H groups in total. The molecule has 2 aromatic carbocycles. The summed E-state index contributed by atoms with van der Waals surface area (Å²) in [5.74, 6) is 0.0421. The number of nitrogens with zero attached hydrogens (tertiary/aromatic N) is 3. The number of para-hydroxylation sites is 1. The van der Waals surface area contributed by atoms with Gasteiger partial charge in [0.25, 0.3) is 5.56 Å². The SMILES string of the molecule is CC(Sc1nc2sc(-c3ccccc3)cc2c(=O)n1C)C(=O)N1CCc2ccccc21. The topological polar surface area (TPSA) is 55.2 Å². The predicted octanol–water partition coefficient (Wildman–Crippen LogP) is 4.73. The maximum Gasteiger partial charge on any atom is 0.262 e. The van der Waals surface area contributed by atoms with Crippen molar-refractivity contribution < 1.29 is 4.79 Å². The van der Waals surface area contributed by atoms with E-state index >= 15 is 0 Å². The minimum atomic E-state index is -0.352. The Kier molecular flexibility index (Phi) is 5.16. The lowest BCUT2D eigenvalue weighted by Gasteiger charge is -2.21. The highest BCUT2D eigenvalue weighted by Crippen LogP contribution is 2.34. The van der Waals surface area contributed by atoms with Crippen LogP contribution in [0.2, 0.25) is 0 Å². The summed E-state index contributed by atoms with van der Waals surface area (Å²) in [6.07, 6.45) is 0.874. The molecular formula is C24H21N3O2S2. The molecule has 1 aliphatic rings. The maximum absolute atomic E-state index is 13.2. The number of thiophene rings is 1. The number of anilines is 1. The van der Waals surface area contributed by atoms with Gasteiger partial charge in [0.05, 0.1) is 10.6 Å². The molecule has 156 valence electrons. The molecule has 1 amide bonds. The molecule has 5 rings (SSSR count). The molecule has 0 saturated heterocycles. The Labute approximate surface area is 188 Å². The van der Waals surface area contributed by atoms with Crippen molar-refractivity contribution in [3.63, 3.8) is 0 Å². The fourth-order valence-corrected chi connectivity index (χ4v) is 5.91. The summed E-state index contributed by atoms with van der Waals surface area (Å²) in [6.45, 7) is 2.58. The van der Waals surface area contributed by atoms with Crippen LogP contribution in [0.4, 0.5) is 5.69 Å². The Morgan fingerprint density at radius 2 is 1.87 bits per heavy atom. The zero-order valence-electron chi connectivity index (χ0n) is 17.2. The molecule has 5 nitrogen and oxygen atoms in total. The van der Waals surface area contributed by atoms with E-state index in [4.69, 9.17) is 4.98 Å². The number of carbonyl (C=O) groups excluding carboxylic acids is 1. The zero-order valence-corrected chi connectivity index (χ0v) is 18.9. The van der Waals surface area contributed by atoms with E-state index in [-0.39, 0.29) is 16.7 Å². The van der Waals surface area contributed by atoms with Gasteiger partial charge < -0.3 is 4.90 Å². The summed E-state index contributed by atoms with van der Waals surface area (Å²) in [7, 11) is 1.72. The molecule has 0 saturated carbocycles. The number of hydrogen-bond donors (Lipinski definition) is 0. The van der Waals surface area contributed by atoms with Gasteiger partial charge in [-0.3, -0.25) is 14.2 Å². The molecule has 0 radical (unpaired) electrons. The van der Waals surface area contributed by atoms with Crippen molar-refractivity contribution in [3.8, 4) is 10.4 Å². The number of rotatable bonds is 4. The highest BCUT2D eigenvalue weighted by atomic mass is 32.2. The third-order valence-corrected chi connectivity index (χ3v) is 7.78. The quantitative estimate of drug-likeness (QED) is 0.335. The van der Waals surface area contributed by atoms with E-state index in [1.165, 1.54) is 28.7 Å². The lowest BCUT2D eigenvalue weighted by atomic mass is 10.2. The van der Waals surface area contributed by atoms with Crippen LogP contribution >= 0.6 is 23.1 Å². The molecule has 2 aromatic heterocycles. The summed E-state index contributed by atoms with van der Waals surface area (Å²) < 4.78 is 1.55. The second-order valence-corrected chi connectivity index (χ2v) is 9.92. The molecule has 1 unspecified atom stereocenters. The van der Waals surface area contributed by atoms with Gasteiger partial charge in [-0.25, -0.2) is 4.98 Å². The van der Waals surface area contributed by atoms with Crippen LogP contribution in [-0.2, 0) is 18.3 Å². The van der Waals surface area contributed by atoms with Gasteiger partial charge in [0, 0.05) is 24.2 Å². The van der Waals surface area contributed by atoms with E-state index in [1.807, 2.05) is 66.4 Å². The van der Waals surface area contributed by atoms with Crippen molar-refractivity contribution >= 4 is 44.9 Å². The lowest BCUT2D eigenvalue weighted by molar-refractivity contribution is -0.117. The normalized spacial score (nSPS) is 14.1. The third-order valence-electron chi connectivity index (χ3n) is 5.57. The molecule has 31 heavy (non-hydrogen) atoms. The van der Waals surface area contributed by atoms with Crippen LogP contribution in [0.15, 0.2) is 70.6 Å². The second kappa shape index (κ2) is 7.98. The van der Waals surface area contributed by atoms with E-state index in [0.717, 1.165) is 22.5 Å². The van der Waals surface area contributed by atoms with Crippen LogP contribution in [-0.4, -0.2) is 27.3 Å². The molecule has 0 spiro atoms. The fourth-order valence-electron chi connectivity index (χ4n) is 3.89. The van der Waals surface area contributed by atoms with Crippen LogP contribution in [0, 0.1) is 0 Å². The van der Waals surface area contributed by atoms with Gasteiger partial charge in [0.1, 0.15) is 4.83 Å². The molecule has 1 atom stereocenters. The summed E-state index contributed by atoms with van der Waals surface area (Å²) in [5, 5.41) is 0.825. The van der Waals surface area contributed by atoms with Crippen molar-refractivity contribution in [2.75, 3.05) is 11.4 Å². The smallest absolute Gasteiger partial charge is 0.262 e. The average Bonchev–Trinajstić information content (AvgIpc) is 3.42. The summed E-state index contributed by atoms with van der Waals surface area (Å²) in [5.41, 5.74) is 3.17. The minimum Gasteiger partial charge on any atom is -0.311 e. The molecular weight excluding hydrogens is 426 g/mol. The van der Waals surface area contributed by atoms with Crippen LogP contribution in [0.3, 0.4) is 0 Å². The number of hydrogen-bond acceptors (Lipinski definition) is 5. The first kappa shape index (κ1) is 20.0. The Morgan fingerprint density at radius 3 is 2.68 bits per heavy atom. The number of aromatic nitrogens is 2. The van der Waals surface area contributed by atoms with Crippen molar-refractivity contribution in [2.45, 2.75) is 23.8 Å². The van der Waals surface area contributed by atoms with Crippen LogP contribution in [0.1, 0.15) is 12.5 Å². The van der Waals surface area contributed by atoms with Gasteiger partial charge in [-0.2, -0.15) is 0 Å². The fraction of sp³-hybridized carbons (Fsp3) is 0.208. The number of thioether (sulfide) groups is 1. The van der Waals surface area contributed by atoms with Gasteiger partial charge in [-0.15, -0.1) is 11.3 Å². The molecule has 0 bridgehead atoms. The highest BCUT2D eigenvalue weighted by Gasteiger charge is 2.29. The van der Waals surface area contributed by atoms with E-state index in [1.54, 1.807) is 11.6 Å². The van der Waals surface area contributed by atoms with E-state index < -0.39 is 0 Å². The first-order chi connectivity index (χ1) is 15.0. The molecule has 0 fully saturated rings. The Hall–Kier alpha value is -2.90. The summed E-state index contributed by atoms with van der Waals surface area (Å²) in [6, 6.07) is 19.9. The first-order valence-electron chi connectivity index (χ1n) is 10.1. The zero-order chi connectivity index (χ0) is 21.5. The lowest BCUT2D eigenvalue weighted by Crippen LogP contribution is -2.35. The Morgan fingerprint density at radius 1 is 1.13 bits per heavy atom. The Bertz CT molecular complexity index is 1340. The first-order valence-corrected chi connectivity index (χ1v) is 11.8. The molecule has 0 aliphatic carbocycles. The number of carbonyl (C=O) groups is 1. The monoisotopic (exact) mass is 447 g/mol. The van der Waals surface area contributed by atoms with Crippen LogP contribution in [0.5, 0.6) is 0 Å². The summed E-state index contributed by atoms with van der Waals surface area (Å²) in [4.78, 5) is 34.5. The standard InChI is InChI=1S/C24H21N3O2S2/c1-15(22(28)27-13-12-16-8-6-7-11-19(16)27)30-24-25-21-18(23(29)26(24)2)14-20(31-21)17-9-4-3-5-10-17/h3-11,14-15H,12-13H2,1-2H3. The van der Waals surface area contributed by atoms with Crippen molar-refractivity contribution in [1.29, 1.82) is 0 Å². The average molecular weight is 448 g/mol. The molecule has 4 aromatic rings. The van der Waals surface area contributed by atoms with Crippen molar-refractivity contribution in [2.24, 2.45) is 7.05 Å². The second-order valence-electron chi connectivity index (χ2n) is 7.58. The van der Waals surface area contributed by atoms with Crippen LogP contribution in [0.25, 0.3) is 20.7 Å². The Balaban J connectivity index is 1.44. The van der Waals surface area contributed by atoms with E-state index in [0.29, 0.717) is 21.9 Å². The van der Waals surface area contributed by atoms with Crippen molar-refractivity contribution in [1.82, 2.24) is 9.55 Å². The van der Waals surface area contributed by atoms with Gasteiger partial charge >= 0.3 is 0 Å². The van der Waals surface area contributed by atoms with Gasteiger partial charge in [0.15, 0.2) is 5.16 Å². The molecule has 1 aliphatic heterocycles. The maximum atomic E-state index is 13.2.